The molecule has 1 aromatic carbocycles. The monoisotopic (exact) mass is 312 g/mol. The molecular formula is C20H28N2O. The number of aryl methyl sites for hydroxylation is 1. The predicted molar refractivity (Wildman–Crippen MR) is 93.4 cm³/mol. The van der Waals surface area contributed by atoms with Gasteiger partial charge in [0, 0.05) is 37.9 Å². The van der Waals surface area contributed by atoms with Gasteiger partial charge in [0.25, 0.3) is 0 Å². The molecule has 1 spiro atoms. The summed E-state index contributed by atoms with van der Waals surface area (Å²) in [5.41, 5.74) is 2.96. The van der Waals surface area contributed by atoms with Gasteiger partial charge in [-0.3, -0.25) is 0 Å². The molecule has 0 atom stereocenters. The lowest BCUT2D eigenvalue weighted by Gasteiger charge is -2.48. The minimum atomic E-state index is 0.130. The van der Waals surface area contributed by atoms with E-state index in [2.05, 4.69) is 28.0 Å². The Labute approximate surface area is 139 Å². The Morgan fingerprint density at radius 1 is 0.957 bits per heavy atom. The molecule has 1 saturated carbocycles. The van der Waals surface area contributed by atoms with E-state index in [-0.39, 0.29) is 5.60 Å². The number of piperidine rings is 1. The van der Waals surface area contributed by atoms with Crippen LogP contribution in [0.1, 0.15) is 50.5 Å². The van der Waals surface area contributed by atoms with E-state index in [1.807, 2.05) is 0 Å². The standard InChI is InChI=1S/C20H28N2O/c1-3-17(4-1)22-13-9-20(10-14-22)8-7-16-15-18(21-11-2-12-21)5-6-19(16)23-20/h5-6,15,17H,1-4,7-14H2. The van der Waals surface area contributed by atoms with Crippen LogP contribution in [0.3, 0.4) is 0 Å². The van der Waals surface area contributed by atoms with Gasteiger partial charge in [-0.1, -0.05) is 6.42 Å². The predicted octanol–water partition coefficient (Wildman–Crippen LogP) is 3.61. The van der Waals surface area contributed by atoms with Crippen molar-refractivity contribution in [2.24, 2.45) is 0 Å². The van der Waals surface area contributed by atoms with Gasteiger partial charge in [0.05, 0.1) is 0 Å². The summed E-state index contributed by atoms with van der Waals surface area (Å²) >= 11 is 0. The Morgan fingerprint density at radius 2 is 1.78 bits per heavy atom. The van der Waals surface area contributed by atoms with Crippen molar-refractivity contribution in [3.8, 4) is 5.75 Å². The highest BCUT2D eigenvalue weighted by molar-refractivity contribution is 5.55. The highest BCUT2D eigenvalue weighted by Crippen LogP contribution is 2.42. The zero-order chi connectivity index (χ0) is 15.3. The van der Waals surface area contributed by atoms with E-state index in [1.165, 1.54) is 88.8 Å². The topological polar surface area (TPSA) is 15.7 Å². The lowest BCUT2D eigenvalue weighted by Crippen LogP contribution is -2.53. The summed E-state index contributed by atoms with van der Waals surface area (Å²) < 4.78 is 6.58. The van der Waals surface area contributed by atoms with Crippen LogP contribution in [0.25, 0.3) is 0 Å². The van der Waals surface area contributed by atoms with E-state index in [0.29, 0.717) is 0 Å². The molecule has 4 aliphatic rings. The number of likely N-dealkylation sites (tertiary alicyclic amines) is 1. The Kier molecular flexibility index (Phi) is 3.33. The summed E-state index contributed by atoms with van der Waals surface area (Å²) in [4.78, 5) is 5.20. The van der Waals surface area contributed by atoms with E-state index < -0.39 is 0 Å². The summed E-state index contributed by atoms with van der Waals surface area (Å²) in [5, 5.41) is 0. The Hall–Kier alpha value is -1.22. The highest BCUT2D eigenvalue weighted by atomic mass is 16.5. The molecule has 0 bridgehead atoms. The van der Waals surface area contributed by atoms with E-state index in [1.54, 1.807) is 0 Å². The molecule has 0 N–H and O–H groups in total. The summed E-state index contributed by atoms with van der Waals surface area (Å²) in [6, 6.07) is 7.77. The molecule has 0 amide bonds. The molecule has 0 aromatic heterocycles. The molecule has 0 radical (unpaired) electrons. The van der Waals surface area contributed by atoms with Gasteiger partial charge >= 0.3 is 0 Å². The third-order valence-corrected chi connectivity index (χ3v) is 6.74. The third kappa shape index (κ3) is 2.44. The van der Waals surface area contributed by atoms with Crippen LogP contribution in [-0.2, 0) is 6.42 Å². The number of ether oxygens (including phenoxy) is 1. The van der Waals surface area contributed by atoms with Gasteiger partial charge in [-0.2, -0.15) is 0 Å². The molecule has 0 unspecified atom stereocenters. The SMILES string of the molecule is c1cc2c(cc1N1CCC1)CCC1(CCN(C3CCC3)CC1)O2. The number of anilines is 1. The molecule has 3 fully saturated rings. The van der Waals surface area contributed by atoms with Gasteiger partial charge in [-0.15, -0.1) is 0 Å². The maximum absolute atomic E-state index is 6.58. The Bertz CT molecular complexity index is 583. The molecule has 3 heteroatoms. The van der Waals surface area contributed by atoms with Crippen molar-refractivity contribution in [3.05, 3.63) is 23.8 Å². The van der Waals surface area contributed by atoms with Crippen LogP contribution in [0, 0.1) is 0 Å². The summed E-state index contributed by atoms with van der Waals surface area (Å²) in [5.74, 6) is 1.16. The highest BCUT2D eigenvalue weighted by Gasteiger charge is 2.41. The number of nitrogens with zero attached hydrogens (tertiary/aromatic N) is 2. The van der Waals surface area contributed by atoms with Crippen molar-refractivity contribution >= 4 is 5.69 Å². The second-order valence-corrected chi connectivity index (χ2v) is 8.04. The largest absolute Gasteiger partial charge is 0.487 e. The van der Waals surface area contributed by atoms with Crippen LogP contribution in [0.5, 0.6) is 5.75 Å². The first kappa shape index (κ1) is 14.2. The van der Waals surface area contributed by atoms with E-state index >= 15 is 0 Å². The maximum atomic E-state index is 6.58. The van der Waals surface area contributed by atoms with Crippen LogP contribution in [-0.4, -0.2) is 42.7 Å². The Morgan fingerprint density at radius 3 is 2.43 bits per heavy atom. The van der Waals surface area contributed by atoms with Gasteiger partial charge in [-0.25, -0.2) is 0 Å². The zero-order valence-electron chi connectivity index (χ0n) is 14.1. The first-order valence-corrected chi connectivity index (χ1v) is 9.62. The van der Waals surface area contributed by atoms with Crippen LogP contribution >= 0.6 is 0 Å². The van der Waals surface area contributed by atoms with Gasteiger partial charge in [-0.05, 0) is 68.7 Å². The molecular weight excluding hydrogens is 284 g/mol. The van der Waals surface area contributed by atoms with Gasteiger partial charge in [0.1, 0.15) is 11.4 Å². The first-order chi connectivity index (χ1) is 11.3. The minimum Gasteiger partial charge on any atom is -0.487 e. The van der Waals surface area contributed by atoms with Crippen LogP contribution < -0.4 is 9.64 Å². The molecule has 1 aromatic rings. The fourth-order valence-electron chi connectivity index (χ4n) is 4.68. The zero-order valence-corrected chi connectivity index (χ0v) is 14.1. The number of fused-ring (bicyclic) bond motifs is 1. The summed E-state index contributed by atoms with van der Waals surface area (Å²) in [7, 11) is 0. The lowest BCUT2D eigenvalue weighted by molar-refractivity contribution is -0.0336. The fourth-order valence-corrected chi connectivity index (χ4v) is 4.68. The molecule has 3 nitrogen and oxygen atoms in total. The Balaban J connectivity index is 1.28. The minimum absolute atomic E-state index is 0.130. The third-order valence-electron chi connectivity index (χ3n) is 6.74. The smallest absolute Gasteiger partial charge is 0.123 e. The van der Waals surface area contributed by atoms with Crippen LogP contribution in [0.2, 0.25) is 0 Å². The average Bonchev–Trinajstić information content (AvgIpc) is 2.47. The van der Waals surface area contributed by atoms with Gasteiger partial charge < -0.3 is 14.5 Å². The van der Waals surface area contributed by atoms with E-state index in [0.717, 1.165) is 11.8 Å². The number of rotatable bonds is 2. The number of hydrogen-bond donors (Lipinski definition) is 0. The molecule has 3 aliphatic heterocycles. The van der Waals surface area contributed by atoms with Crippen molar-refractivity contribution < 1.29 is 4.74 Å². The lowest BCUT2D eigenvalue weighted by atomic mass is 9.81. The molecule has 124 valence electrons. The number of benzene rings is 1. The molecule has 1 aliphatic carbocycles. The molecule has 5 rings (SSSR count). The quantitative estimate of drug-likeness (QED) is 0.830. The summed E-state index contributed by atoms with van der Waals surface area (Å²) in [6.07, 6.45) is 10.5. The van der Waals surface area contributed by atoms with Gasteiger partial charge in [0.15, 0.2) is 0 Å². The van der Waals surface area contributed by atoms with Crippen molar-refractivity contribution in [2.75, 3.05) is 31.1 Å². The molecule has 3 heterocycles. The van der Waals surface area contributed by atoms with E-state index in [9.17, 15) is 0 Å². The average molecular weight is 312 g/mol. The molecule has 23 heavy (non-hydrogen) atoms. The van der Waals surface area contributed by atoms with Crippen molar-refractivity contribution in [3.63, 3.8) is 0 Å². The second-order valence-electron chi connectivity index (χ2n) is 8.04. The van der Waals surface area contributed by atoms with Crippen molar-refractivity contribution in [1.29, 1.82) is 0 Å². The normalized spacial score (nSPS) is 27.0. The van der Waals surface area contributed by atoms with Gasteiger partial charge in [0.2, 0.25) is 0 Å². The molecule has 2 saturated heterocycles. The second kappa shape index (κ2) is 5.41. The van der Waals surface area contributed by atoms with Crippen molar-refractivity contribution in [1.82, 2.24) is 4.90 Å². The fraction of sp³-hybridized carbons (Fsp3) is 0.700. The van der Waals surface area contributed by atoms with Crippen LogP contribution in [0.15, 0.2) is 18.2 Å². The van der Waals surface area contributed by atoms with E-state index in [4.69, 9.17) is 4.74 Å². The summed E-state index contributed by atoms with van der Waals surface area (Å²) in [6.45, 7) is 4.93. The maximum Gasteiger partial charge on any atom is 0.123 e. The first-order valence-electron chi connectivity index (χ1n) is 9.62. The number of hydrogen-bond acceptors (Lipinski definition) is 3. The van der Waals surface area contributed by atoms with Crippen LogP contribution in [0.4, 0.5) is 5.69 Å². The van der Waals surface area contributed by atoms with Crippen molar-refractivity contribution in [2.45, 2.75) is 63.0 Å².